The summed E-state index contributed by atoms with van der Waals surface area (Å²) in [6.45, 7) is 0.175. The number of rotatable bonds is 7. The molecule has 0 bridgehead atoms. The molecule has 5 N–H and O–H groups in total. The number of hydrogen-bond acceptors (Lipinski definition) is 6. The van der Waals surface area contributed by atoms with Crippen LogP contribution in [0.3, 0.4) is 0 Å². The minimum atomic E-state index is -1.37. The Morgan fingerprint density at radius 1 is 1.25 bits per heavy atom. The van der Waals surface area contributed by atoms with Gasteiger partial charge in [-0.2, -0.15) is 0 Å². The molecule has 0 spiro atoms. The van der Waals surface area contributed by atoms with Gasteiger partial charge in [-0.25, -0.2) is 4.79 Å². The fourth-order valence-corrected chi connectivity index (χ4v) is 1.86. The highest BCUT2D eigenvalue weighted by molar-refractivity contribution is 5.90. The van der Waals surface area contributed by atoms with Crippen molar-refractivity contribution in [3.05, 3.63) is 23.3 Å². The second-order valence-corrected chi connectivity index (χ2v) is 4.19. The van der Waals surface area contributed by atoms with Gasteiger partial charge in [-0.05, 0) is 25.1 Å². The van der Waals surface area contributed by atoms with Crippen LogP contribution in [-0.2, 0) is 0 Å². The van der Waals surface area contributed by atoms with E-state index in [1.54, 1.807) is 0 Å². The molecule has 0 amide bonds. The van der Waals surface area contributed by atoms with Gasteiger partial charge in [0.1, 0.15) is 6.10 Å². The molecular weight excluding hydrogens is 266 g/mol. The topological polar surface area (TPSA) is 122 Å². The Hall–Kier alpha value is -1.83. The predicted molar refractivity (Wildman–Crippen MR) is 71.1 cm³/mol. The van der Waals surface area contributed by atoms with Gasteiger partial charge in [0.25, 0.3) is 0 Å². The molecule has 20 heavy (non-hydrogen) atoms. The van der Waals surface area contributed by atoms with E-state index in [1.807, 2.05) is 0 Å². The van der Waals surface area contributed by atoms with Crippen molar-refractivity contribution in [1.82, 2.24) is 0 Å². The van der Waals surface area contributed by atoms with E-state index >= 15 is 0 Å². The van der Waals surface area contributed by atoms with E-state index in [0.717, 1.165) is 0 Å². The number of methoxy groups -OCH3 is 2. The summed E-state index contributed by atoms with van der Waals surface area (Å²) < 4.78 is 10.1. The van der Waals surface area contributed by atoms with E-state index < -0.39 is 18.2 Å². The van der Waals surface area contributed by atoms with Crippen LogP contribution in [-0.4, -0.2) is 48.2 Å². The maximum Gasteiger partial charge on any atom is 0.336 e. The minimum absolute atomic E-state index is 0.0519. The molecule has 0 aliphatic rings. The van der Waals surface area contributed by atoms with Gasteiger partial charge in [0.2, 0.25) is 0 Å². The third-order valence-electron chi connectivity index (χ3n) is 2.93. The lowest BCUT2D eigenvalue weighted by Crippen LogP contribution is -2.23. The lowest BCUT2D eigenvalue weighted by Gasteiger charge is -2.21. The Labute approximate surface area is 116 Å². The lowest BCUT2D eigenvalue weighted by atomic mass is 9.96. The number of aliphatic hydroxyl groups is 2. The summed E-state index contributed by atoms with van der Waals surface area (Å²) >= 11 is 0. The predicted octanol–water partition coefficient (Wildman–Crippen LogP) is 0.145. The maximum atomic E-state index is 11.3. The molecule has 0 saturated carbocycles. The van der Waals surface area contributed by atoms with E-state index in [0.29, 0.717) is 0 Å². The maximum absolute atomic E-state index is 11.3. The molecule has 0 aromatic heterocycles. The van der Waals surface area contributed by atoms with Gasteiger partial charge >= 0.3 is 5.97 Å². The molecule has 0 aliphatic heterocycles. The molecule has 1 rings (SSSR count). The van der Waals surface area contributed by atoms with Crippen molar-refractivity contribution in [2.75, 3.05) is 20.8 Å². The van der Waals surface area contributed by atoms with Gasteiger partial charge in [0.05, 0.1) is 25.9 Å². The van der Waals surface area contributed by atoms with Crippen LogP contribution >= 0.6 is 0 Å². The summed E-state index contributed by atoms with van der Waals surface area (Å²) in [4.78, 5) is 11.3. The Morgan fingerprint density at radius 3 is 2.25 bits per heavy atom. The summed E-state index contributed by atoms with van der Waals surface area (Å²) in [7, 11) is 2.77. The first-order valence-electron chi connectivity index (χ1n) is 6.01. The quantitative estimate of drug-likeness (QED) is 0.562. The summed E-state index contributed by atoms with van der Waals surface area (Å²) in [6.07, 6.45) is -2.38. The number of hydrogen-bond donors (Lipinski definition) is 4. The molecule has 0 aliphatic carbocycles. The normalized spacial score (nSPS) is 13.7. The van der Waals surface area contributed by atoms with E-state index in [4.69, 9.17) is 15.2 Å². The van der Waals surface area contributed by atoms with Gasteiger partial charge < -0.3 is 30.5 Å². The highest BCUT2D eigenvalue weighted by atomic mass is 16.5. The zero-order valence-corrected chi connectivity index (χ0v) is 11.4. The average Bonchev–Trinajstić information content (AvgIpc) is 2.44. The fraction of sp³-hybridized carbons (Fsp3) is 0.462. The van der Waals surface area contributed by atoms with E-state index in [1.165, 1.54) is 26.4 Å². The van der Waals surface area contributed by atoms with Crippen LogP contribution in [0.1, 0.15) is 28.4 Å². The molecule has 0 radical (unpaired) electrons. The summed E-state index contributed by atoms with van der Waals surface area (Å²) in [6, 6.07) is 2.58. The molecular formula is C13H19NO6. The summed E-state index contributed by atoms with van der Waals surface area (Å²) in [5.74, 6) is -0.736. The number of nitrogens with two attached hydrogens (primary N) is 1. The molecule has 1 aromatic rings. The van der Waals surface area contributed by atoms with Gasteiger partial charge in [0, 0.05) is 5.56 Å². The number of carboxylic acid groups (broad SMARTS) is 1. The van der Waals surface area contributed by atoms with E-state index in [2.05, 4.69) is 0 Å². The zero-order chi connectivity index (χ0) is 15.3. The fourth-order valence-electron chi connectivity index (χ4n) is 1.86. The molecule has 7 heteroatoms. The van der Waals surface area contributed by atoms with Crippen LogP contribution in [0.25, 0.3) is 0 Å². The monoisotopic (exact) mass is 285 g/mol. The molecule has 0 saturated heterocycles. The van der Waals surface area contributed by atoms with Crippen LogP contribution in [0, 0.1) is 0 Å². The number of carboxylic acids is 1. The lowest BCUT2D eigenvalue weighted by molar-refractivity contribution is 0.0139. The Kier molecular flexibility index (Phi) is 5.75. The smallest absolute Gasteiger partial charge is 0.336 e. The summed E-state index contributed by atoms with van der Waals surface area (Å²) in [5.41, 5.74) is 5.20. The van der Waals surface area contributed by atoms with Crippen LogP contribution < -0.4 is 15.2 Å². The molecule has 112 valence electrons. The largest absolute Gasteiger partial charge is 0.493 e. The number of aromatic carboxylic acids is 1. The standard InChI is InChI=1S/C13H19NO6/c1-19-10-5-7(12(16)9(15)3-4-14)8(13(17)18)6-11(10)20-2/h5-6,9,12,15-16H,3-4,14H2,1-2H3,(H,17,18). The highest BCUT2D eigenvalue weighted by Gasteiger charge is 2.25. The van der Waals surface area contributed by atoms with Crippen molar-refractivity contribution in [3.8, 4) is 11.5 Å². The number of benzene rings is 1. The van der Waals surface area contributed by atoms with Gasteiger partial charge in [-0.15, -0.1) is 0 Å². The second-order valence-electron chi connectivity index (χ2n) is 4.19. The first kappa shape index (κ1) is 16.2. The van der Waals surface area contributed by atoms with Gasteiger partial charge in [-0.3, -0.25) is 0 Å². The zero-order valence-electron chi connectivity index (χ0n) is 11.4. The molecule has 0 heterocycles. The van der Waals surface area contributed by atoms with Crippen molar-refractivity contribution in [2.24, 2.45) is 5.73 Å². The van der Waals surface area contributed by atoms with Crippen molar-refractivity contribution < 1.29 is 29.6 Å². The minimum Gasteiger partial charge on any atom is -0.493 e. The Bertz CT molecular complexity index is 476. The molecule has 0 fully saturated rings. The van der Waals surface area contributed by atoms with Gasteiger partial charge in [-0.1, -0.05) is 0 Å². The third-order valence-corrected chi connectivity index (χ3v) is 2.93. The molecule has 2 unspecified atom stereocenters. The Morgan fingerprint density at radius 2 is 1.80 bits per heavy atom. The highest BCUT2D eigenvalue weighted by Crippen LogP contribution is 2.34. The first-order chi connectivity index (χ1) is 9.46. The number of ether oxygens (including phenoxy) is 2. The SMILES string of the molecule is COc1cc(C(=O)O)c(C(O)C(O)CCN)cc1OC. The Balaban J connectivity index is 3.31. The van der Waals surface area contributed by atoms with E-state index in [9.17, 15) is 20.1 Å². The van der Waals surface area contributed by atoms with Gasteiger partial charge in [0.15, 0.2) is 11.5 Å². The van der Waals surface area contributed by atoms with Crippen LogP contribution in [0.2, 0.25) is 0 Å². The number of carbonyl (C=O) groups is 1. The molecule has 1 aromatic carbocycles. The van der Waals surface area contributed by atoms with Crippen molar-refractivity contribution in [3.63, 3.8) is 0 Å². The van der Waals surface area contributed by atoms with E-state index in [-0.39, 0.29) is 35.6 Å². The van der Waals surface area contributed by atoms with Crippen molar-refractivity contribution in [2.45, 2.75) is 18.6 Å². The molecule has 2 atom stereocenters. The number of aliphatic hydroxyl groups excluding tert-OH is 2. The van der Waals surface area contributed by atoms with Crippen LogP contribution in [0.5, 0.6) is 11.5 Å². The van der Waals surface area contributed by atoms with Crippen molar-refractivity contribution in [1.29, 1.82) is 0 Å². The van der Waals surface area contributed by atoms with Crippen LogP contribution in [0.15, 0.2) is 12.1 Å². The third kappa shape index (κ3) is 3.38. The van der Waals surface area contributed by atoms with Crippen molar-refractivity contribution >= 4 is 5.97 Å². The average molecular weight is 285 g/mol. The van der Waals surface area contributed by atoms with Crippen LogP contribution in [0.4, 0.5) is 0 Å². The second kappa shape index (κ2) is 7.09. The summed E-state index contributed by atoms with van der Waals surface area (Å²) in [5, 5.41) is 29.0. The molecule has 7 nitrogen and oxygen atoms in total. The first-order valence-corrected chi connectivity index (χ1v) is 6.01.